The minimum Gasteiger partial charge on any atom is -0.462 e. The van der Waals surface area contributed by atoms with Gasteiger partial charge in [-0.25, -0.2) is 0 Å². The minimum absolute atomic E-state index is 0.897. The second-order valence-corrected chi connectivity index (χ2v) is 5.06. The summed E-state index contributed by atoms with van der Waals surface area (Å²) in [5.41, 5.74) is 1.15. The molecule has 0 bridgehead atoms. The predicted molar refractivity (Wildman–Crippen MR) is 62.8 cm³/mol. The third-order valence-corrected chi connectivity index (χ3v) is 3.41. The Kier molecular flexibility index (Phi) is 2.91. The molecule has 0 aliphatic heterocycles. The number of furan rings is 1. The molecule has 0 saturated heterocycles. The van der Waals surface area contributed by atoms with Crippen LogP contribution in [0.5, 0.6) is 0 Å². The van der Waals surface area contributed by atoms with Crippen LogP contribution in [0.4, 0.5) is 0 Å². The number of rotatable bonds is 2. The van der Waals surface area contributed by atoms with Gasteiger partial charge in [-0.15, -0.1) is 0 Å². The summed E-state index contributed by atoms with van der Waals surface area (Å²) in [6.45, 7) is 1.93. The summed E-state index contributed by atoms with van der Waals surface area (Å²) in [6, 6.07) is 3.93. The first-order valence-electron chi connectivity index (χ1n) is 4.98. The molecule has 2 rings (SSSR count). The Morgan fingerprint density at radius 1 is 1.40 bits per heavy atom. The van der Waals surface area contributed by atoms with Crippen LogP contribution >= 0.6 is 0 Å². The van der Waals surface area contributed by atoms with E-state index in [4.69, 9.17) is 4.42 Å². The lowest BCUT2D eigenvalue weighted by atomic mass is 10.0. The second kappa shape index (κ2) is 4.19. The molecule has 1 aliphatic carbocycles. The van der Waals surface area contributed by atoms with Gasteiger partial charge >= 0.3 is 0 Å². The lowest BCUT2D eigenvalue weighted by Gasteiger charge is -2.10. The van der Waals surface area contributed by atoms with Gasteiger partial charge in [0.15, 0.2) is 0 Å². The van der Waals surface area contributed by atoms with E-state index in [1.165, 1.54) is 0 Å². The van der Waals surface area contributed by atoms with E-state index in [0.717, 1.165) is 34.8 Å². The molecule has 1 heterocycles. The van der Waals surface area contributed by atoms with Crippen molar-refractivity contribution in [1.82, 2.24) is 0 Å². The molecular weight excluding hydrogens is 208 g/mol. The van der Waals surface area contributed by atoms with Crippen LogP contribution in [0.3, 0.4) is 0 Å². The molecule has 1 unspecified atom stereocenters. The van der Waals surface area contributed by atoms with E-state index in [1.54, 1.807) is 6.26 Å². The van der Waals surface area contributed by atoms with E-state index >= 15 is 0 Å². The largest absolute Gasteiger partial charge is 0.462 e. The Bertz CT molecular complexity index is 452. The van der Waals surface area contributed by atoms with Gasteiger partial charge in [0.1, 0.15) is 11.5 Å². The maximum absolute atomic E-state index is 11.3. The van der Waals surface area contributed by atoms with Crippen molar-refractivity contribution in [2.24, 2.45) is 0 Å². The quantitative estimate of drug-likeness (QED) is 0.770. The van der Waals surface area contributed by atoms with Crippen LogP contribution in [0.15, 0.2) is 33.6 Å². The SMILES string of the molecule is Cc1ccc(C2=CC(S(C)=O)=CCC2)o1. The van der Waals surface area contributed by atoms with Gasteiger partial charge in [-0.05, 0) is 43.5 Å². The lowest BCUT2D eigenvalue weighted by molar-refractivity contribution is 0.519. The van der Waals surface area contributed by atoms with Crippen LogP contribution in [-0.2, 0) is 10.8 Å². The normalized spacial score (nSPS) is 18.3. The van der Waals surface area contributed by atoms with Crippen molar-refractivity contribution in [1.29, 1.82) is 0 Å². The molecule has 15 heavy (non-hydrogen) atoms. The van der Waals surface area contributed by atoms with Gasteiger partial charge in [0.2, 0.25) is 0 Å². The number of hydrogen-bond acceptors (Lipinski definition) is 2. The van der Waals surface area contributed by atoms with Crippen molar-refractivity contribution >= 4 is 16.4 Å². The highest BCUT2D eigenvalue weighted by molar-refractivity contribution is 7.88. The molecule has 0 fully saturated rings. The smallest absolute Gasteiger partial charge is 0.130 e. The van der Waals surface area contributed by atoms with Gasteiger partial charge in [-0.1, -0.05) is 6.08 Å². The third-order valence-electron chi connectivity index (χ3n) is 2.46. The fourth-order valence-corrected chi connectivity index (χ4v) is 2.34. The first kappa shape index (κ1) is 10.4. The zero-order chi connectivity index (χ0) is 10.8. The molecule has 1 aromatic heterocycles. The third kappa shape index (κ3) is 2.29. The molecule has 3 heteroatoms. The summed E-state index contributed by atoms with van der Waals surface area (Å²) < 4.78 is 16.9. The highest BCUT2D eigenvalue weighted by Gasteiger charge is 2.12. The van der Waals surface area contributed by atoms with Crippen LogP contribution in [0.2, 0.25) is 0 Å². The van der Waals surface area contributed by atoms with Gasteiger partial charge in [0, 0.05) is 22.0 Å². The molecular formula is C12H14O2S. The van der Waals surface area contributed by atoms with Crippen LogP contribution in [-0.4, -0.2) is 10.5 Å². The van der Waals surface area contributed by atoms with Crippen molar-refractivity contribution in [3.63, 3.8) is 0 Å². The Morgan fingerprint density at radius 2 is 2.20 bits per heavy atom. The zero-order valence-electron chi connectivity index (χ0n) is 8.95. The van der Waals surface area contributed by atoms with E-state index in [2.05, 4.69) is 0 Å². The van der Waals surface area contributed by atoms with E-state index in [1.807, 2.05) is 31.2 Å². The van der Waals surface area contributed by atoms with Crippen molar-refractivity contribution in [2.45, 2.75) is 19.8 Å². The summed E-state index contributed by atoms with van der Waals surface area (Å²) in [4.78, 5) is 0.908. The molecule has 0 N–H and O–H groups in total. The Balaban J connectivity index is 2.31. The van der Waals surface area contributed by atoms with E-state index in [9.17, 15) is 4.21 Å². The number of aryl methyl sites for hydroxylation is 1. The average Bonchev–Trinajstić information content (AvgIpc) is 2.65. The zero-order valence-corrected chi connectivity index (χ0v) is 9.76. The second-order valence-electron chi connectivity index (χ2n) is 3.68. The topological polar surface area (TPSA) is 30.2 Å². The number of allylic oxidation sites excluding steroid dienone is 3. The molecule has 0 spiro atoms. The summed E-state index contributed by atoms with van der Waals surface area (Å²) in [6.07, 6.45) is 7.64. The first-order chi connectivity index (χ1) is 7.16. The molecule has 1 aromatic rings. The highest BCUT2D eigenvalue weighted by Crippen LogP contribution is 2.28. The lowest BCUT2D eigenvalue weighted by Crippen LogP contribution is -1.96. The van der Waals surface area contributed by atoms with Crippen LogP contribution in [0.25, 0.3) is 5.57 Å². The standard InChI is InChI=1S/C12H14O2S/c1-9-6-7-12(14-9)10-4-3-5-11(8-10)15(2)13/h5-8H,3-4H2,1-2H3. The summed E-state index contributed by atoms with van der Waals surface area (Å²) in [5, 5.41) is 0. The highest BCUT2D eigenvalue weighted by atomic mass is 32.2. The summed E-state index contributed by atoms with van der Waals surface area (Å²) >= 11 is 0. The monoisotopic (exact) mass is 222 g/mol. The van der Waals surface area contributed by atoms with Crippen molar-refractivity contribution in [3.05, 3.63) is 40.7 Å². The van der Waals surface area contributed by atoms with Crippen molar-refractivity contribution in [2.75, 3.05) is 6.26 Å². The molecule has 80 valence electrons. The van der Waals surface area contributed by atoms with Gasteiger partial charge < -0.3 is 4.42 Å². The molecule has 1 atom stereocenters. The minimum atomic E-state index is -0.897. The van der Waals surface area contributed by atoms with Crippen molar-refractivity contribution < 1.29 is 8.63 Å². The van der Waals surface area contributed by atoms with Gasteiger partial charge in [-0.2, -0.15) is 0 Å². The van der Waals surface area contributed by atoms with Crippen LogP contribution < -0.4 is 0 Å². The number of hydrogen-bond donors (Lipinski definition) is 0. The summed E-state index contributed by atoms with van der Waals surface area (Å²) in [5.74, 6) is 1.82. The fraction of sp³-hybridized carbons (Fsp3) is 0.333. The molecule has 1 aliphatic rings. The maximum Gasteiger partial charge on any atom is 0.130 e. The van der Waals surface area contributed by atoms with Crippen molar-refractivity contribution in [3.8, 4) is 0 Å². The molecule has 0 aromatic carbocycles. The average molecular weight is 222 g/mol. The Morgan fingerprint density at radius 3 is 2.80 bits per heavy atom. The summed E-state index contributed by atoms with van der Waals surface area (Å²) in [7, 11) is -0.897. The molecule has 2 nitrogen and oxygen atoms in total. The van der Waals surface area contributed by atoms with E-state index < -0.39 is 10.8 Å². The van der Waals surface area contributed by atoms with Gasteiger partial charge in [-0.3, -0.25) is 4.21 Å². The Labute approximate surface area is 92.1 Å². The predicted octanol–water partition coefficient (Wildman–Crippen LogP) is 3.03. The molecule has 0 saturated carbocycles. The molecule has 0 radical (unpaired) electrons. The van der Waals surface area contributed by atoms with E-state index in [-0.39, 0.29) is 0 Å². The maximum atomic E-state index is 11.3. The molecule has 0 amide bonds. The fourth-order valence-electron chi connectivity index (χ4n) is 1.67. The van der Waals surface area contributed by atoms with Crippen LogP contribution in [0, 0.1) is 6.92 Å². The first-order valence-corrected chi connectivity index (χ1v) is 6.53. The van der Waals surface area contributed by atoms with E-state index in [0.29, 0.717) is 0 Å². The van der Waals surface area contributed by atoms with Gasteiger partial charge in [0.25, 0.3) is 0 Å². The van der Waals surface area contributed by atoms with Gasteiger partial charge in [0.05, 0.1) is 0 Å². The van der Waals surface area contributed by atoms with Crippen LogP contribution in [0.1, 0.15) is 24.4 Å². The Hall–Kier alpha value is -1.09.